The third kappa shape index (κ3) is 4.77. The van der Waals surface area contributed by atoms with Crippen molar-refractivity contribution in [3.63, 3.8) is 0 Å². The maximum absolute atomic E-state index is 11.5. The van der Waals surface area contributed by atoms with Crippen molar-refractivity contribution in [3.8, 4) is 11.3 Å². The average Bonchev–Trinajstić information content (AvgIpc) is 2.91. The Kier molecular flexibility index (Phi) is 4.99. The fraction of sp³-hybridized carbons (Fsp3) is 0.294. The summed E-state index contributed by atoms with van der Waals surface area (Å²) in [6.07, 6.45) is 5.11. The zero-order chi connectivity index (χ0) is 16.0. The van der Waals surface area contributed by atoms with E-state index < -0.39 is 11.7 Å². The molecule has 0 aliphatic carbocycles. The molecule has 0 fully saturated rings. The van der Waals surface area contributed by atoms with Crippen molar-refractivity contribution in [2.75, 3.05) is 6.54 Å². The van der Waals surface area contributed by atoms with E-state index in [0.29, 0.717) is 6.54 Å². The number of benzene rings is 1. The molecule has 5 nitrogen and oxygen atoms in total. The average molecular weight is 299 g/mol. The number of nitrogens with zero attached hydrogens (tertiary/aromatic N) is 1. The van der Waals surface area contributed by atoms with Crippen LogP contribution >= 0.6 is 0 Å². The molecule has 0 aliphatic heterocycles. The maximum atomic E-state index is 11.5. The predicted molar refractivity (Wildman–Crippen MR) is 87.3 cm³/mol. The van der Waals surface area contributed by atoms with Gasteiger partial charge in [0.25, 0.3) is 0 Å². The highest BCUT2D eigenvalue weighted by Gasteiger charge is 2.15. The van der Waals surface area contributed by atoms with E-state index in [4.69, 9.17) is 4.74 Å². The standard InChI is InChI=1S/C17H21N3O2/c1-17(2,3)22-16(21)18-11-7-10-14-12-19-20-15(14)13-8-5-4-6-9-13/h4-10,12H,11H2,1-3H3,(H,18,21)(H,19,20). The summed E-state index contributed by atoms with van der Waals surface area (Å²) >= 11 is 0. The summed E-state index contributed by atoms with van der Waals surface area (Å²) in [6, 6.07) is 9.97. The van der Waals surface area contributed by atoms with Crippen molar-refractivity contribution in [2.45, 2.75) is 26.4 Å². The highest BCUT2D eigenvalue weighted by molar-refractivity contribution is 5.72. The zero-order valence-corrected chi connectivity index (χ0v) is 13.1. The summed E-state index contributed by atoms with van der Waals surface area (Å²) in [7, 11) is 0. The van der Waals surface area contributed by atoms with Crippen LogP contribution in [0.25, 0.3) is 17.3 Å². The molecule has 22 heavy (non-hydrogen) atoms. The van der Waals surface area contributed by atoms with E-state index in [1.54, 1.807) is 6.20 Å². The van der Waals surface area contributed by atoms with Gasteiger partial charge in [0.05, 0.1) is 11.9 Å². The summed E-state index contributed by atoms with van der Waals surface area (Å²) in [4.78, 5) is 11.5. The van der Waals surface area contributed by atoms with E-state index in [2.05, 4.69) is 15.5 Å². The van der Waals surface area contributed by atoms with Crippen molar-refractivity contribution in [1.82, 2.24) is 15.5 Å². The molecule has 1 heterocycles. The van der Waals surface area contributed by atoms with Gasteiger partial charge in [0, 0.05) is 17.7 Å². The van der Waals surface area contributed by atoms with Gasteiger partial charge in [-0.2, -0.15) is 5.10 Å². The van der Waals surface area contributed by atoms with Crippen molar-refractivity contribution in [1.29, 1.82) is 0 Å². The second-order valence-electron chi connectivity index (χ2n) is 5.85. The molecule has 0 saturated heterocycles. The molecule has 2 aromatic rings. The Labute approximate surface area is 130 Å². The fourth-order valence-corrected chi connectivity index (χ4v) is 1.90. The molecule has 2 N–H and O–H groups in total. The molecule has 1 amide bonds. The number of carbonyl (C=O) groups is 1. The molecule has 1 aromatic heterocycles. The van der Waals surface area contributed by atoms with E-state index in [1.807, 2.05) is 63.3 Å². The van der Waals surface area contributed by atoms with E-state index >= 15 is 0 Å². The fourth-order valence-electron chi connectivity index (χ4n) is 1.90. The number of ether oxygens (including phenoxy) is 1. The lowest BCUT2D eigenvalue weighted by Gasteiger charge is -2.19. The molecule has 0 spiro atoms. The molecule has 5 heteroatoms. The Morgan fingerprint density at radius 1 is 1.32 bits per heavy atom. The van der Waals surface area contributed by atoms with Crippen LogP contribution < -0.4 is 5.32 Å². The van der Waals surface area contributed by atoms with Gasteiger partial charge in [-0.3, -0.25) is 5.10 Å². The SMILES string of the molecule is CC(C)(C)OC(=O)NCC=Cc1cn[nH]c1-c1ccccc1. The highest BCUT2D eigenvalue weighted by Crippen LogP contribution is 2.21. The van der Waals surface area contributed by atoms with Crippen LogP contribution in [0.15, 0.2) is 42.6 Å². The van der Waals surface area contributed by atoms with Gasteiger partial charge >= 0.3 is 6.09 Å². The Hall–Kier alpha value is -2.56. The minimum Gasteiger partial charge on any atom is -0.444 e. The van der Waals surface area contributed by atoms with Crippen LogP contribution in [0.5, 0.6) is 0 Å². The van der Waals surface area contributed by atoms with Gasteiger partial charge in [-0.15, -0.1) is 0 Å². The number of nitrogens with one attached hydrogen (secondary N) is 2. The second-order valence-corrected chi connectivity index (χ2v) is 5.85. The van der Waals surface area contributed by atoms with Crippen molar-refractivity contribution in [2.24, 2.45) is 0 Å². The summed E-state index contributed by atoms with van der Waals surface area (Å²) in [6.45, 7) is 5.90. The third-order valence-electron chi connectivity index (χ3n) is 2.79. The van der Waals surface area contributed by atoms with Gasteiger partial charge in [-0.25, -0.2) is 4.79 Å². The van der Waals surface area contributed by atoms with E-state index in [9.17, 15) is 4.79 Å². The monoisotopic (exact) mass is 299 g/mol. The van der Waals surface area contributed by atoms with Gasteiger partial charge in [-0.05, 0) is 20.8 Å². The van der Waals surface area contributed by atoms with Crippen LogP contribution in [0.3, 0.4) is 0 Å². The Morgan fingerprint density at radius 2 is 2.05 bits per heavy atom. The Balaban J connectivity index is 1.92. The largest absolute Gasteiger partial charge is 0.444 e. The third-order valence-corrected chi connectivity index (χ3v) is 2.79. The lowest BCUT2D eigenvalue weighted by molar-refractivity contribution is 0.0534. The number of hydrogen-bond acceptors (Lipinski definition) is 3. The summed E-state index contributed by atoms with van der Waals surface area (Å²) in [5, 5.41) is 9.74. The van der Waals surface area contributed by atoms with Gasteiger partial charge in [0.2, 0.25) is 0 Å². The van der Waals surface area contributed by atoms with Crippen molar-refractivity contribution < 1.29 is 9.53 Å². The summed E-state index contributed by atoms with van der Waals surface area (Å²) < 4.78 is 5.17. The van der Waals surface area contributed by atoms with Crippen LogP contribution in [0.1, 0.15) is 26.3 Å². The first-order valence-electron chi connectivity index (χ1n) is 7.18. The first-order valence-corrected chi connectivity index (χ1v) is 7.18. The normalized spacial score (nSPS) is 11.6. The molecule has 1 aromatic carbocycles. The summed E-state index contributed by atoms with van der Waals surface area (Å²) in [5.41, 5.74) is 2.50. The number of amides is 1. The minimum absolute atomic E-state index is 0.397. The van der Waals surface area contributed by atoms with Crippen LogP contribution in [0, 0.1) is 0 Å². The van der Waals surface area contributed by atoms with E-state index in [0.717, 1.165) is 16.8 Å². The molecule has 0 saturated carbocycles. The number of hydrogen-bond donors (Lipinski definition) is 2. The Morgan fingerprint density at radius 3 is 2.73 bits per heavy atom. The lowest BCUT2D eigenvalue weighted by atomic mass is 10.1. The molecule has 0 aliphatic rings. The van der Waals surface area contributed by atoms with E-state index in [1.165, 1.54) is 0 Å². The molecule has 0 unspecified atom stereocenters. The van der Waals surface area contributed by atoms with Crippen LogP contribution in [-0.4, -0.2) is 28.4 Å². The smallest absolute Gasteiger partial charge is 0.407 e. The number of aromatic amines is 1. The molecule has 0 radical (unpaired) electrons. The zero-order valence-electron chi connectivity index (χ0n) is 13.1. The molecule has 0 atom stereocenters. The number of carbonyl (C=O) groups excluding carboxylic acids is 1. The molecular weight excluding hydrogens is 278 g/mol. The van der Waals surface area contributed by atoms with Crippen LogP contribution in [-0.2, 0) is 4.74 Å². The quantitative estimate of drug-likeness (QED) is 0.906. The van der Waals surface area contributed by atoms with Crippen molar-refractivity contribution >= 4 is 12.2 Å². The number of rotatable bonds is 4. The summed E-state index contributed by atoms with van der Waals surface area (Å²) in [5.74, 6) is 0. The van der Waals surface area contributed by atoms with Crippen LogP contribution in [0.2, 0.25) is 0 Å². The molecular formula is C17H21N3O2. The van der Waals surface area contributed by atoms with Gasteiger partial charge in [-0.1, -0.05) is 42.5 Å². The first-order chi connectivity index (χ1) is 10.5. The highest BCUT2D eigenvalue weighted by atomic mass is 16.6. The number of aromatic nitrogens is 2. The maximum Gasteiger partial charge on any atom is 0.407 e. The molecule has 2 rings (SSSR count). The van der Waals surface area contributed by atoms with Crippen molar-refractivity contribution in [3.05, 3.63) is 48.2 Å². The Bertz CT molecular complexity index is 639. The number of H-pyrrole nitrogens is 1. The second kappa shape index (κ2) is 6.93. The molecule has 0 bridgehead atoms. The topological polar surface area (TPSA) is 67.0 Å². The van der Waals surface area contributed by atoms with Gasteiger partial charge in [0.1, 0.15) is 5.60 Å². The number of alkyl carbamates (subject to hydrolysis) is 1. The minimum atomic E-state index is -0.487. The lowest BCUT2D eigenvalue weighted by Crippen LogP contribution is -2.32. The predicted octanol–water partition coefficient (Wildman–Crippen LogP) is 3.61. The van der Waals surface area contributed by atoms with Gasteiger partial charge < -0.3 is 10.1 Å². The van der Waals surface area contributed by atoms with Crippen LogP contribution in [0.4, 0.5) is 4.79 Å². The first kappa shape index (κ1) is 15.8. The molecule has 116 valence electrons. The van der Waals surface area contributed by atoms with E-state index in [-0.39, 0.29) is 0 Å². The van der Waals surface area contributed by atoms with Gasteiger partial charge in [0.15, 0.2) is 0 Å².